The van der Waals surface area contributed by atoms with E-state index in [1.165, 1.54) is 23.1 Å². The molecule has 2 rings (SSSR count). The Morgan fingerprint density at radius 1 is 1.04 bits per heavy atom. The zero-order chi connectivity index (χ0) is 18.4. The van der Waals surface area contributed by atoms with Gasteiger partial charge in [0.05, 0.1) is 6.54 Å². The van der Waals surface area contributed by atoms with Gasteiger partial charge in [0, 0.05) is 38.9 Å². The molecular weight excluding hydrogens is 321 g/mol. The summed E-state index contributed by atoms with van der Waals surface area (Å²) in [6, 6.07) is 13.2. The van der Waals surface area contributed by atoms with E-state index in [0.717, 1.165) is 17.3 Å². The van der Waals surface area contributed by atoms with Crippen LogP contribution in [0.5, 0.6) is 0 Å². The van der Waals surface area contributed by atoms with Crippen LogP contribution in [0.3, 0.4) is 0 Å². The number of amides is 2. The summed E-state index contributed by atoms with van der Waals surface area (Å²) in [6.45, 7) is 0.310. The molecule has 132 valence electrons. The van der Waals surface area contributed by atoms with Crippen molar-refractivity contribution in [1.82, 2.24) is 10.2 Å². The third-order valence-electron chi connectivity index (χ3n) is 3.79. The van der Waals surface area contributed by atoms with Gasteiger partial charge in [0.1, 0.15) is 5.82 Å². The smallest absolute Gasteiger partial charge is 0.251 e. The second-order valence-electron chi connectivity index (χ2n) is 6.00. The molecule has 0 heterocycles. The van der Waals surface area contributed by atoms with Gasteiger partial charge in [-0.05, 0) is 35.9 Å². The maximum absolute atomic E-state index is 13.1. The predicted molar refractivity (Wildman–Crippen MR) is 96.0 cm³/mol. The van der Waals surface area contributed by atoms with Crippen molar-refractivity contribution in [3.8, 4) is 0 Å². The zero-order valence-corrected chi connectivity index (χ0v) is 14.6. The third kappa shape index (κ3) is 5.31. The number of rotatable bonds is 6. The molecule has 0 bridgehead atoms. The number of halogens is 1. The number of nitrogens with one attached hydrogen (secondary N) is 1. The van der Waals surface area contributed by atoms with E-state index in [2.05, 4.69) is 5.32 Å². The zero-order valence-electron chi connectivity index (χ0n) is 14.6. The fourth-order valence-corrected chi connectivity index (χ4v) is 2.28. The number of hydrogen-bond acceptors (Lipinski definition) is 3. The summed E-state index contributed by atoms with van der Waals surface area (Å²) in [5, 5.41) is 2.51. The van der Waals surface area contributed by atoms with Gasteiger partial charge in [-0.2, -0.15) is 0 Å². The Bertz CT molecular complexity index is 745. The number of anilines is 1. The molecule has 0 atom stereocenters. The van der Waals surface area contributed by atoms with Gasteiger partial charge in [-0.1, -0.05) is 18.2 Å². The lowest BCUT2D eigenvalue weighted by atomic mass is 10.2. The first-order valence-corrected chi connectivity index (χ1v) is 7.91. The molecule has 0 unspecified atom stereocenters. The van der Waals surface area contributed by atoms with Crippen LogP contribution >= 0.6 is 0 Å². The second-order valence-corrected chi connectivity index (χ2v) is 6.00. The van der Waals surface area contributed by atoms with E-state index in [-0.39, 0.29) is 18.0 Å². The Morgan fingerprint density at radius 2 is 1.72 bits per heavy atom. The summed E-state index contributed by atoms with van der Waals surface area (Å²) in [4.78, 5) is 27.6. The standard InChI is InChI=1S/C19H22FN3O2/c1-22(2)17-9-7-14(8-10-17)13-23(3)18(24)12-21-19(25)15-5-4-6-16(20)11-15/h4-11H,12-13H2,1-3H3,(H,21,25). The lowest BCUT2D eigenvalue weighted by Crippen LogP contribution is -2.37. The summed E-state index contributed by atoms with van der Waals surface area (Å²) in [7, 11) is 5.61. The van der Waals surface area contributed by atoms with Crippen molar-refractivity contribution in [3.63, 3.8) is 0 Å². The molecule has 25 heavy (non-hydrogen) atoms. The van der Waals surface area contributed by atoms with Crippen molar-refractivity contribution in [2.24, 2.45) is 0 Å². The number of benzene rings is 2. The highest BCUT2D eigenvalue weighted by Crippen LogP contribution is 2.13. The number of hydrogen-bond donors (Lipinski definition) is 1. The minimum Gasteiger partial charge on any atom is -0.378 e. The van der Waals surface area contributed by atoms with Gasteiger partial charge in [0.15, 0.2) is 0 Å². The van der Waals surface area contributed by atoms with Crippen LogP contribution in [0.1, 0.15) is 15.9 Å². The van der Waals surface area contributed by atoms with Gasteiger partial charge in [-0.25, -0.2) is 4.39 Å². The lowest BCUT2D eigenvalue weighted by Gasteiger charge is -2.18. The van der Waals surface area contributed by atoms with Crippen molar-refractivity contribution in [1.29, 1.82) is 0 Å². The third-order valence-corrected chi connectivity index (χ3v) is 3.79. The Hall–Kier alpha value is -2.89. The summed E-state index contributed by atoms with van der Waals surface area (Å²) in [6.07, 6.45) is 0. The normalized spacial score (nSPS) is 10.2. The van der Waals surface area contributed by atoms with Gasteiger partial charge < -0.3 is 15.1 Å². The van der Waals surface area contributed by atoms with E-state index in [9.17, 15) is 14.0 Å². The van der Waals surface area contributed by atoms with Crippen LogP contribution in [-0.2, 0) is 11.3 Å². The first kappa shape index (κ1) is 18.4. The van der Waals surface area contributed by atoms with Crippen molar-refractivity contribution in [3.05, 3.63) is 65.5 Å². The molecule has 6 heteroatoms. The highest BCUT2D eigenvalue weighted by molar-refractivity contribution is 5.96. The van der Waals surface area contributed by atoms with Crippen LogP contribution < -0.4 is 10.2 Å². The molecule has 0 aliphatic heterocycles. The number of carbonyl (C=O) groups excluding carboxylic acids is 2. The molecule has 0 saturated carbocycles. The maximum Gasteiger partial charge on any atom is 0.251 e. The Morgan fingerprint density at radius 3 is 2.32 bits per heavy atom. The summed E-state index contributed by atoms with van der Waals surface area (Å²) in [5.74, 6) is -1.18. The fraction of sp³-hybridized carbons (Fsp3) is 0.263. The van der Waals surface area contributed by atoms with Crippen LogP contribution in [-0.4, -0.2) is 44.4 Å². The van der Waals surface area contributed by atoms with E-state index < -0.39 is 11.7 Å². The minimum atomic E-state index is -0.489. The summed E-state index contributed by atoms with van der Waals surface area (Å²) in [5.41, 5.74) is 2.27. The van der Waals surface area contributed by atoms with Gasteiger partial charge >= 0.3 is 0 Å². The molecule has 0 spiro atoms. The average Bonchev–Trinajstić information content (AvgIpc) is 2.59. The molecule has 0 aromatic heterocycles. The monoisotopic (exact) mass is 343 g/mol. The molecule has 2 aromatic carbocycles. The Labute approximate surface area is 147 Å². The highest BCUT2D eigenvalue weighted by Gasteiger charge is 2.12. The van der Waals surface area contributed by atoms with Gasteiger partial charge in [-0.3, -0.25) is 9.59 Å². The molecule has 0 saturated heterocycles. The average molecular weight is 343 g/mol. The largest absolute Gasteiger partial charge is 0.378 e. The quantitative estimate of drug-likeness (QED) is 0.875. The van der Waals surface area contributed by atoms with Crippen LogP contribution in [0, 0.1) is 5.82 Å². The molecule has 2 aromatic rings. The SMILES string of the molecule is CN(Cc1ccc(N(C)C)cc1)C(=O)CNC(=O)c1cccc(F)c1. The summed E-state index contributed by atoms with van der Waals surface area (Å²) < 4.78 is 13.1. The van der Waals surface area contributed by atoms with E-state index in [1.807, 2.05) is 43.3 Å². The van der Waals surface area contributed by atoms with Crippen LogP contribution in [0.25, 0.3) is 0 Å². The first-order chi connectivity index (χ1) is 11.9. The van der Waals surface area contributed by atoms with Crippen LogP contribution in [0.4, 0.5) is 10.1 Å². The van der Waals surface area contributed by atoms with Crippen molar-refractivity contribution in [2.45, 2.75) is 6.54 Å². The molecule has 0 aliphatic rings. The molecule has 2 amide bonds. The van der Waals surface area contributed by atoms with Gasteiger partial charge in [-0.15, -0.1) is 0 Å². The molecular formula is C19H22FN3O2. The summed E-state index contributed by atoms with van der Waals surface area (Å²) >= 11 is 0. The van der Waals surface area contributed by atoms with E-state index >= 15 is 0 Å². The predicted octanol–water partition coefficient (Wildman–Crippen LogP) is 2.28. The number of nitrogens with zero attached hydrogens (tertiary/aromatic N) is 2. The molecule has 0 fully saturated rings. The topological polar surface area (TPSA) is 52.6 Å². The molecule has 1 N–H and O–H groups in total. The van der Waals surface area contributed by atoms with Gasteiger partial charge in [0.2, 0.25) is 5.91 Å². The highest BCUT2D eigenvalue weighted by atomic mass is 19.1. The fourth-order valence-electron chi connectivity index (χ4n) is 2.28. The van der Waals surface area contributed by atoms with Gasteiger partial charge in [0.25, 0.3) is 5.91 Å². The van der Waals surface area contributed by atoms with E-state index in [4.69, 9.17) is 0 Å². The number of likely N-dealkylation sites (N-methyl/N-ethyl adjacent to an activating group) is 1. The van der Waals surface area contributed by atoms with Crippen LogP contribution in [0.2, 0.25) is 0 Å². The maximum atomic E-state index is 13.1. The second kappa shape index (κ2) is 8.28. The van der Waals surface area contributed by atoms with Crippen LogP contribution in [0.15, 0.2) is 48.5 Å². The number of carbonyl (C=O) groups is 2. The molecule has 0 aliphatic carbocycles. The minimum absolute atomic E-state index is 0.137. The van der Waals surface area contributed by atoms with Crippen molar-refractivity contribution in [2.75, 3.05) is 32.6 Å². The van der Waals surface area contributed by atoms with Crippen molar-refractivity contribution < 1.29 is 14.0 Å². The van der Waals surface area contributed by atoms with Crippen molar-refractivity contribution >= 4 is 17.5 Å². The molecule has 0 radical (unpaired) electrons. The van der Waals surface area contributed by atoms with E-state index in [0.29, 0.717) is 6.54 Å². The first-order valence-electron chi connectivity index (χ1n) is 7.91. The Balaban J connectivity index is 1.86. The van der Waals surface area contributed by atoms with E-state index in [1.54, 1.807) is 7.05 Å². The molecule has 5 nitrogen and oxygen atoms in total. The lowest BCUT2D eigenvalue weighted by molar-refractivity contribution is -0.129. The Kier molecular flexibility index (Phi) is 6.11.